The van der Waals surface area contributed by atoms with Crippen molar-refractivity contribution in [1.29, 1.82) is 0 Å². The SMILES string of the molecule is CC1(C)CCC(C)(C)c2cc(-c3nc(-c4ccccc4)nc(-c4ccc(-c5ccccc5)c5ccccc45)n3)ccc21. The van der Waals surface area contributed by atoms with Gasteiger partial charge in [0, 0.05) is 16.7 Å². The first-order valence-corrected chi connectivity index (χ1v) is 14.8. The van der Waals surface area contributed by atoms with Gasteiger partial charge in [0.1, 0.15) is 0 Å². The molecule has 1 aromatic heterocycles. The Morgan fingerprint density at radius 1 is 0.429 bits per heavy atom. The summed E-state index contributed by atoms with van der Waals surface area (Å²) in [6.45, 7) is 9.44. The molecule has 0 aliphatic heterocycles. The molecule has 1 aliphatic carbocycles. The summed E-state index contributed by atoms with van der Waals surface area (Å²) >= 11 is 0. The Kier molecular flexibility index (Phi) is 6.27. The zero-order chi connectivity index (χ0) is 28.9. The molecule has 5 aromatic carbocycles. The van der Waals surface area contributed by atoms with Crippen molar-refractivity contribution in [3.8, 4) is 45.3 Å². The molecule has 0 spiro atoms. The molecule has 1 aliphatic rings. The predicted molar refractivity (Wildman–Crippen MR) is 174 cm³/mol. The first-order valence-electron chi connectivity index (χ1n) is 14.8. The number of hydrogen-bond donors (Lipinski definition) is 0. The standard InChI is InChI=1S/C39H35N3/c1-38(2)23-24-39(3,4)34-25-28(19-22-33(34)38)36-40-35(27-15-9-6-10-16-27)41-37(42-36)32-21-20-29(26-13-7-5-8-14-26)30-17-11-12-18-31(30)32/h5-22,25H,23-24H2,1-4H3. The van der Waals surface area contributed by atoms with E-state index in [0.717, 1.165) is 28.5 Å². The van der Waals surface area contributed by atoms with E-state index in [-0.39, 0.29) is 10.8 Å². The molecule has 0 fully saturated rings. The third kappa shape index (κ3) is 4.59. The van der Waals surface area contributed by atoms with Crippen LogP contribution in [0.3, 0.4) is 0 Å². The summed E-state index contributed by atoms with van der Waals surface area (Å²) < 4.78 is 0. The molecule has 0 radical (unpaired) electrons. The summed E-state index contributed by atoms with van der Waals surface area (Å²) in [7, 11) is 0. The molecule has 0 saturated carbocycles. The van der Waals surface area contributed by atoms with Crippen molar-refractivity contribution in [1.82, 2.24) is 15.0 Å². The second-order valence-electron chi connectivity index (χ2n) is 12.8. The number of fused-ring (bicyclic) bond motifs is 2. The van der Waals surface area contributed by atoms with Crippen LogP contribution in [0.2, 0.25) is 0 Å². The second kappa shape index (κ2) is 10.0. The lowest BCUT2D eigenvalue weighted by atomic mass is 9.63. The third-order valence-corrected chi connectivity index (χ3v) is 9.03. The van der Waals surface area contributed by atoms with Gasteiger partial charge in [-0.15, -0.1) is 0 Å². The summed E-state index contributed by atoms with van der Waals surface area (Å²) in [5.74, 6) is 2.08. The van der Waals surface area contributed by atoms with E-state index in [9.17, 15) is 0 Å². The van der Waals surface area contributed by atoms with Gasteiger partial charge < -0.3 is 0 Å². The molecule has 1 heterocycles. The molecule has 0 N–H and O–H groups in total. The van der Waals surface area contributed by atoms with Gasteiger partial charge >= 0.3 is 0 Å². The molecule has 7 rings (SSSR count). The van der Waals surface area contributed by atoms with Crippen LogP contribution in [0, 0.1) is 0 Å². The van der Waals surface area contributed by atoms with Crippen LogP contribution in [0.15, 0.2) is 115 Å². The van der Waals surface area contributed by atoms with Crippen LogP contribution in [-0.2, 0) is 10.8 Å². The first-order chi connectivity index (χ1) is 20.3. The van der Waals surface area contributed by atoms with Crippen molar-refractivity contribution in [3.05, 3.63) is 126 Å². The Bertz CT molecular complexity index is 1920. The average Bonchev–Trinajstić information content (AvgIpc) is 3.03. The van der Waals surface area contributed by atoms with Crippen LogP contribution in [0.5, 0.6) is 0 Å². The molecule has 0 unspecified atom stereocenters. The minimum atomic E-state index is 0.0997. The normalized spacial score (nSPS) is 15.3. The monoisotopic (exact) mass is 545 g/mol. The smallest absolute Gasteiger partial charge is 0.164 e. The summed E-state index contributed by atoms with van der Waals surface area (Å²) in [4.78, 5) is 15.3. The van der Waals surface area contributed by atoms with E-state index in [4.69, 9.17) is 15.0 Å². The van der Waals surface area contributed by atoms with Gasteiger partial charge in [0.15, 0.2) is 17.5 Å². The van der Waals surface area contributed by atoms with Crippen LogP contribution in [0.1, 0.15) is 51.7 Å². The molecule has 0 amide bonds. The minimum absolute atomic E-state index is 0.0997. The van der Waals surface area contributed by atoms with Crippen LogP contribution in [-0.4, -0.2) is 15.0 Å². The van der Waals surface area contributed by atoms with Gasteiger partial charge in [-0.25, -0.2) is 15.0 Å². The molecule has 3 nitrogen and oxygen atoms in total. The number of benzene rings is 5. The van der Waals surface area contributed by atoms with E-state index in [2.05, 4.69) is 125 Å². The number of rotatable bonds is 4. The lowest BCUT2D eigenvalue weighted by molar-refractivity contribution is 0.332. The second-order valence-corrected chi connectivity index (χ2v) is 12.8. The zero-order valence-corrected chi connectivity index (χ0v) is 24.7. The van der Waals surface area contributed by atoms with Crippen molar-refractivity contribution >= 4 is 10.8 Å². The maximum atomic E-state index is 5.16. The Hall–Kier alpha value is -4.63. The van der Waals surface area contributed by atoms with Gasteiger partial charge in [-0.2, -0.15) is 0 Å². The number of hydrogen-bond acceptors (Lipinski definition) is 3. The van der Waals surface area contributed by atoms with Crippen molar-refractivity contribution in [3.63, 3.8) is 0 Å². The Morgan fingerprint density at radius 2 is 0.929 bits per heavy atom. The minimum Gasteiger partial charge on any atom is -0.208 e. The average molecular weight is 546 g/mol. The van der Waals surface area contributed by atoms with E-state index in [1.54, 1.807) is 0 Å². The highest BCUT2D eigenvalue weighted by Gasteiger charge is 2.37. The fraction of sp³-hybridized carbons (Fsp3) is 0.205. The fourth-order valence-corrected chi connectivity index (χ4v) is 6.43. The summed E-state index contributed by atoms with van der Waals surface area (Å²) in [6.07, 6.45) is 2.35. The van der Waals surface area contributed by atoms with Crippen LogP contribution in [0.25, 0.3) is 56.1 Å². The summed E-state index contributed by atoms with van der Waals surface area (Å²) in [5.41, 5.74) is 8.50. The molecule has 0 atom stereocenters. The number of aromatic nitrogens is 3. The predicted octanol–water partition coefficient (Wildman–Crippen LogP) is 10.0. The van der Waals surface area contributed by atoms with E-state index in [1.807, 2.05) is 18.2 Å². The van der Waals surface area contributed by atoms with Gasteiger partial charge in [-0.05, 0) is 68.8 Å². The van der Waals surface area contributed by atoms with Crippen molar-refractivity contribution < 1.29 is 0 Å². The molecule has 42 heavy (non-hydrogen) atoms. The highest BCUT2D eigenvalue weighted by molar-refractivity contribution is 6.04. The van der Waals surface area contributed by atoms with E-state index in [0.29, 0.717) is 17.5 Å². The molecule has 6 aromatic rings. The quantitative estimate of drug-likeness (QED) is 0.221. The fourth-order valence-electron chi connectivity index (χ4n) is 6.43. The van der Waals surface area contributed by atoms with E-state index in [1.165, 1.54) is 34.1 Å². The van der Waals surface area contributed by atoms with Gasteiger partial charge in [0.05, 0.1) is 0 Å². The van der Waals surface area contributed by atoms with E-state index >= 15 is 0 Å². The van der Waals surface area contributed by atoms with Crippen LogP contribution >= 0.6 is 0 Å². The third-order valence-electron chi connectivity index (χ3n) is 9.03. The topological polar surface area (TPSA) is 38.7 Å². The van der Waals surface area contributed by atoms with E-state index < -0.39 is 0 Å². The summed E-state index contributed by atoms with van der Waals surface area (Å²) in [6, 6.07) is 40.5. The van der Waals surface area contributed by atoms with Crippen LogP contribution < -0.4 is 0 Å². The zero-order valence-electron chi connectivity index (χ0n) is 24.7. The lowest BCUT2D eigenvalue weighted by Gasteiger charge is -2.42. The lowest BCUT2D eigenvalue weighted by Crippen LogP contribution is -2.33. The summed E-state index contributed by atoms with van der Waals surface area (Å²) in [5, 5.41) is 2.31. The van der Waals surface area contributed by atoms with Crippen molar-refractivity contribution in [2.75, 3.05) is 0 Å². The Balaban J connectivity index is 1.45. The van der Waals surface area contributed by atoms with Gasteiger partial charge in [-0.3, -0.25) is 0 Å². The number of nitrogens with zero attached hydrogens (tertiary/aromatic N) is 3. The Labute approximate surface area is 248 Å². The molecular weight excluding hydrogens is 510 g/mol. The maximum Gasteiger partial charge on any atom is 0.164 e. The van der Waals surface area contributed by atoms with Gasteiger partial charge in [0.25, 0.3) is 0 Å². The maximum absolute atomic E-state index is 5.16. The van der Waals surface area contributed by atoms with Gasteiger partial charge in [-0.1, -0.05) is 131 Å². The largest absolute Gasteiger partial charge is 0.208 e. The highest BCUT2D eigenvalue weighted by Crippen LogP contribution is 2.46. The van der Waals surface area contributed by atoms with Crippen LogP contribution in [0.4, 0.5) is 0 Å². The van der Waals surface area contributed by atoms with Gasteiger partial charge in [0.2, 0.25) is 0 Å². The molecule has 0 saturated heterocycles. The first kappa shape index (κ1) is 26.3. The van der Waals surface area contributed by atoms with Crippen molar-refractivity contribution in [2.24, 2.45) is 0 Å². The highest BCUT2D eigenvalue weighted by atomic mass is 15.0. The molecule has 3 heteroatoms. The molecule has 0 bridgehead atoms. The molecular formula is C39H35N3. The van der Waals surface area contributed by atoms with Crippen molar-refractivity contribution in [2.45, 2.75) is 51.4 Å². The molecule has 206 valence electrons. The Morgan fingerprint density at radius 3 is 1.60 bits per heavy atom.